The van der Waals surface area contributed by atoms with Gasteiger partial charge in [0.25, 0.3) is 5.91 Å². The van der Waals surface area contributed by atoms with E-state index in [0.717, 1.165) is 6.07 Å². The van der Waals surface area contributed by atoms with E-state index in [2.05, 4.69) is 10.6 Å². The molecule has 0 aliphatic carbocycles. The number of pyridine rings is 1. The van der Waals surface area contributed by atoms with E-state index in [1.165, 1.54) is 51.7 Å². The van der Waals surface area contributed by atoms with Crippen LogP contribution in [-0.4, -0.2) is 65.6 Å². The Morgan fingerprint density at radius 1 is 1.10 bits per heavy atom. The van der Waals surface area contributed by atoms with Crippen LogP contribution in [0.5, 0.6) is 5.75 Å². The molecule has 2 saturated heterocycles. The number of aliphatic carboxylic acids is 1. The van der Waals surface area contributed by atoms with Gasteiger partial charge in [-0.2, -0.15) is 0 Å². The summed E-state index contributed by atoms with van der Waals surface area (Å²) in [6, 6.07) is 3.25. The Kier molecular flexibility index (Phi) is 7.21. The van der Waals surface area contributed by atoms with Gasteiger partial charge in [0.05, 0.1) is 5.52 Å². The number of hydrogen-bond donors (Lipinski definition) is 4. The molecule has 0 spiro atoms. The van der Waals surface area contributed by atoms with Gasteiger partial charge in [-0.15, -0.1) is 11.8 Å². The molecule has 2 aromatic carbocycles. The molecule has 2 aliphatic rings. The Labute approximate surface area is 241 Å². The molecule has 0 saturated carbocycles. The summed E-state index contributed by atoms with van der Waals surface area (Å²) in [4.78, 5) is 66.1. The molecule has 3 heterocycles. The zero-order valence-electron chi connectivity index (χ0n) is 22.6. The van der Waals surface area contributed by atoms with Gasteiger partial charge in [0.1, 0.15) is 34.8 Å². The largest absolute Gasteiger partial charge is 0.508 e. The highest BCUT2D eigenvalue weighted by Crippen LogP contribution is 2.50. The number of nitrogens with one attached hydrogen (secondary N) is 2. The third kappa shape index (κ3) is 4.74. The fraction of sp³-hybridized carbons (Fsp3) is 0.321. The van der Waals surface area contributed by atoms with E-state index in [1.54, 1.807) is 20.8 Å². The molecule has 1 aromatic heterocycles. The topological polar surface area (TPSA) is 158 Å². The zero-order valence-corrected chi connectivity index (χ0v) is 23.4. The number of nitrogens with zero attached hydrogens (tertiary/aromatic N) is 2. The van der Waals surface area contributed by atoms with Gasteiger partial charge >= 0.3 is 5.97 Å². The standard InChI is InChI=1S/C28H26F2N4O7S/c1-4-33-11-15(21(36)14-9-16(29)17(30)10-18(14)33)23(37)31-19(12-5-7-13(35)8-6-12)24(38)32-20-25(39)34-22(27(40)41)28(2,3)42-26(20)34/h5-11,19-20,22,26,35H,4H2,1-3H3,(H,31,37)(H,32,38)(H,40,41)/t19?,20?,22-,26+/m0/s1. The van der Waals surface area contributed by atoms with Crippen LogP contribution in [0.25, 0.3) is 10.9 Å². The minimum Gasteiger partial charge on any atom is -0.508 e. The van der Waals surface area contributed by atoms with E-state index in [-0.39, 0.29) is 28.8 Å². The molecule has 14 heteroatoms. The van der Waals surface area contributed by atoms with Gasteiger partial charge in [0.2, 0.25) is 17.2 Å². The number of phenols is 1. The normalized spacial score (nSPS) is 21.4. The number of rotatable bonds is 7. The van der Waals surface area contributed by atoms with Crippen molar-refractivity contribution < 1.29 is 38.2 Å². The molecule has 5 rings (SSSR count). The third-order valence-corrected chi connectivity index (χ3v) is 9.02. The minimum atomic E-state index is -1.45. The van der Waals surface area contributed by atoms with Crippen LogP contribution in [0.1, 0.15) is 42.7 Å². The number of aromatic hydroxyl groups is 1. The van der Waals surface area contributed by atoms with Gasteiger partial charge in [0, 0.05) is 28.9 Å². The van der Waals surface area contributed by atoms with Gasteiger partial charge in [-0.25, -0.2) is 13.6 Å². The summed E-state index contributed by atoms with van der Waals surface area (Å²) < 4.78 is 28.5. The molecule has 2 aliphatic heterocycles. The van der Waals surface area contributed by atoms with Crippen LogP contribution in [0, 0.1) is 11.6 Å². The maximum atomic E-state index is 14.0. The van der Waals surface area contributed by atoms with Crippen molar-refractivity contribution in [3.05, 3.63) is 75.6 Å². The zero-order chi connectivity index (χ0) is 30.7. The van der Waals surface area contributed by atoms with Crippen molar-refractivity contribution >= 4 is 46.4 Å². The minimum absolute atomic E-state index is 0.0791. The van der Waals surface area contributed by atoms with Crippen LogP contribution in [0.2, 0.25) is 0 Å². The molecule has 2 fully saturated rings. The van der Waals surface area contributed by atoms with Gasteiger partial charge < -0.3 is 30.3 Å². The summed E-state index contributed by atoms with van der Waals surface area (Å²) in [6.07, 6.45) is 1.18. The third-order valence-electron chi connectivity index (χ3n) is 7.44. The Hall–Kier alpha value is -4.46. The smallest absolute Gasteiger partial charge is 0.327 e. The number of amides is 3. The molecule has 2 unspecified atom stereocenters. The summed E-state index contributed by atoms with van der Waals surface area (Å²) in [5, 5.41) is 23.6. The number of phenolic OH excluding ortho intramolecular Hbond substituents is 1. The van der Waals surface area contributed by atoms with Gasteiger partial charge in [-0.1, -0.05) is 12.1 Å². The van der Waals surface area contributed by atoms with E-state index < -0.39 is 74.6 Å². The highest BCUT2D eigenvalue weighted by molar-refractivity contribution is 8.01. The number of carbonyl (C=O) groups is 4. The molecule has 3 amide bonds. The Bertz CT molecular complexity index is 1710. The number of carboxylic acids is 1. The number of aromatic nitrogens is 1. The maximum Gasteiger partial charge on any atom is 0.327 e. The van der Waals surface area contributed by atoms with Crippen molar-refractivity contribution in [3.63, 3.8) is 0 Å². The molecule has 4 N–H and O–H groups in total. The van der Waals surface area contributed by atoms with E-state index in [9.17, 15) is 43.0 Å². The Morgan fingerprint density at radius 2 is 1.74 bits per heavy atom. The second-order valence-corrected chi connectivity index (χ2v) is 12.3. The molecule has 220 valence electrons. The first-order valence-electron chi connectivity index (χ1n) is 12.9. The number of carbonyl (C=O) groups excluding carboxylic acids is 3. The molecule has 11 nitrogen and oxygen atoms in total. The molecule has 42 heavy (non-hydrogen) atoms. The lowest BCUT2D eigenvalue weighted by atomic mass is 9.95. The van der Waals surface area contributed by atoms with Gasteiger partial charge in [-0.3, -0.25) is 19.2 Å². The first-order chi connectivity index (χ1) is 19.7. The highest BCUT2D eigenvalue weighted by atomic mass is 32.2. The Morgan fingerprint density at radius 3 is 2.36 bits per heavy atom. The molecule has 0 radical (unpaired) electrons. The lowest BCUT2D eigenvalue weighted by molar-refractivity contribution is -0.161. The first-order valence-corrected chi connectivity index (χ1v) is 13.8. The maximum absolute atomic E-state index is 14.0. The number of hydrogen-bond acceptors (Lipinski definition) is 7. The number of aryl methyl sites for hydroxylation is 1. The Balaban J connectivity index is 1.46. The van der Waals surface area contributed by atoms with Crippen LogP contribution >= 0.6 is 11.8 Å². The average molecular weight is 601 g/mol. The van der Waals surface area contributed by atoms with E-state index in [0.29, 0.717) is 6.07 Å². The van der Waals surface area contributed by atoms with E-state index in [1.807, 2.05) is 0 Å². The van der Waals surface area contributed by atoms with Gasteiger partial charge in [-0.05, 0) is 44.5 Å². The van der Waals surface area contributed by atoms with Crippen LogP contribution in [0.3, 0.4) is 0 Å². The van der Waals surface area contributed by atoms with Crippen molar-refractivity contribution in [1.82, 2.24) is 20.1 Å². The molecule has 3 aromatic rings. The summed E-state index contributed by atoms with van der Waals surface area (Å²) in [5.74, 6) is -6.12. The fourth-order valence-electron chi connectivity index (χ4n) is 5.37. The van der Waals surface area contributed by atoms with E-state index in [4.69, 9.17) is 0 Å². The number of β-lactam (4-membered cyclic amide) rings is 1. The SMILES string of the molecule is CCn1cc(C(=O)NC(C(=O)NC2C(=O)N3[C@@H]2SC(C)(C)[C@@H]3C(=O)O)c2ccc(O)cc2)c(=O)c2cc(F)c(F)cc21. The van der Waals surface area contributed by atoms with Crippen LogP contribution in [0.4, 0.5) is 8.78 Å². The first kappa shape index (κ1) is 29.0. The van der Waals surface area contributed by atoms with Crippen molar-refractivity contribution in [2.24, 2.45) is 0 Å². The van der Waals surface area contributed by atoms with Crippen molar-refractivity contribution in [3.8, 4) is 5.75 Å². The van der Waals surface area contributed by atoms with Crippen LogP contribution < -0.4 is 16.1 Å². The van der Waals surface area contributed by atoms with Crippen molar-refractivity contribution in [1.29, 1.82) is 0 Å². The molecular formula is C28H26F2N4O7S. The summed E-state index contributed by atoms with van der Waals surface area (Å²) in [7, 11) is 0. The average Bonchev–Trinajstić information content (AvgIpc) is 3.19. The second-order valence-electron chi connectivity index (χ2n) is 10.5. The van der Waals surface area contributed by atoms with Crippen LogP contribution in [0.15, 0.2) is 47.4 Å². The van der Waals surface area contributed by atoms with Crippen molar-refractivity contribution in [2.45, 2.75) is 55.6 Å². The lowest BCUT2D eigenvalue weighted by Gasteiger charge is -2.44. The number of fused-ring (bicyclic) bond motifs is 2. The summed E-state index contributed by atoms with van der Waals surface area (Å²) >= 11 is 1.23. The number of thioether (sulfide) groups is 1. The fourth-order valence-corrected chi connectivity index (χ4v) is 6.99. The number of carboxylic acid groups (broad SMARTS) is 1. The number of benzene rings is 2. The number of halogens is 2. The van der Waals surface area contributed by atoms with Crippen LogP contribution in [-0.2, 0) is 20.9 Å². The van der Waals surface area contributed by atoms with Gasteiger partial charge in [0.15, 0.2) is 11.6 Å². The summed E-state index contributed by atoms with van der Waals surface area (Å²) in [5.41, 5.74) is -1.04. The molecule has 0 bridgehead atoms. The van der Waals surface area contributed by atoms with Crippen molar-refractivity contribution in [2.75, 3.05) is 0 Å². The quantitative estimate of drug-likeness (QED) is 0.300. The monoisotopic (exact) mass is 600 g/mol. The molecular weight excluding hydrogens is 574 g/mol. The second kappa shape index (κ2) is 10.4. The molecule has 4 atom stereocenters. The summed E-state index contributed by atoms with van der Waals surface area (Å²) in [6.45, 7) is 5.26. The van der Waals surface area contributed by atoms with E-state index >= 15 is 0 Å². The predicted molar refractivity (Wildman–Crippen MR) is 148 cm³/mol. The predicted octanol–water partition coefficient (Wildman–Crippen LogP) is 2.11. The lowest BCUT2D eigenvalue weighted by Crippen LogP contribution is -2.71. The highest BCUT2D eigenvalue weighted by Gasteiger charge is 2.64.